The molecule has 1 rings (SSSR count). The molecule has 1 aromatic rings. The smallest absolute Gasteiger partial charge is 0.320 e. The van der Waals surface area contributed by atoms with Crippen LogP contribution in [0.1, 0.15) is 32.3 Å². The molecule has 0 spiro atoms. The van der Waals surface area contributed by atoms with Gasteiger partial charge in [-0.1, -0.05) is 60.1 Å². The molecule has 24 heavy (non-hydrogen) atoms. The van der Waals surface area contributed by atoms with Crippen LogP contribution in [0.2, 0.25) is 0 Å². The quantitative estimate of drug-likeness (QED) is 0.538. The van der Waals surface area contributed by atoms with Crippen LogP contribution in [0.5, 0.6) is 0 Å². The van der Waals surface area contributed by atoms with E-state index in [4.69, 9.17) is 16.6 Å². The third-order valence-electron chi connectivity index (χ3n) is 3.38. The van der Waals surface area contributed by atoms with Gasteiger partial charge in [-0.3, -0.25) is 14.9 Å². The summed E-state index contributed by atoms with van der Waals surface area (Å²) in [5.74, 6) is -1.33. The Hall–Kier alpha value is -1.93. The molecule has 0 saturated carbocycles. The van der Waals surface area contributed by atoms with Crippen molar-refractivity contribution in [1.82, 2.24) is 5.32 Å². The molecule has 1 aromatic carbocycles. The third-order valence-corrected chi connectivity index (χ3v) is 4.86. The highest BCUT2D eigenvalue weighted by Crippen LogP contribution is 2.26. The van der Waals surface area contributed by atoms with Crippen molar-refractivity contribution in [3.8, 4) is 0 Å². The van der Waals surface area contributed by atoms with Crippen LogP contribution in [0.15, 0.2) is 30.3 Å². The molecular weight excluding hydrogens is 378 g/mol. The highest BCUT2D eigenvalue weighted by molar-refractivity contribution is 9.10. The van der Waals surface area contributed by atoms with Crippen molar-refractivity contribution in [2.24, 2.45) is 11.5 Å². The zero-order valence-electron chi connectivity index (χ0n) is 13.8. The van der Waals surface area contributed by atoms with E-state index in [0.717, 1.165) is 5.56 Å². The predicted molar refractivity (Wildman–Crippen MR) is 95.7 cm³/mol. The lowest BCUT2D eigenvalue weighted by Crippen LogP contribution is -2.46. The minimum atomic E-state index is -0.959. The van der Waals surface area contributed by atoms with Gasteiger partial charge in [-0.05, 0) is 24.8 Å². The lowest BCUT2D eigenvalue weighted by molar-refractivity contribution is -0.138. The average molecular weight is 402 g/mol. The fourth-order valence-electron chi connectivity index (χ4n) is 1.75. The Labute approximate surface area is 149 Å². The lowest BCUT2D eigenvalue weighted by Gasteiger charge is -2.21. The van der Waals surface area contributed by atoms with Gasteiger partial charge >= 0.3 is 12.0 Å². The van der Waals surface area contributed by atoms with Crippen molar-refractivity contribution in [1.29, 1.82) is 0 Å². The zero-order chi connectivity index (χ0) is 18.8. The summed E-state index contributed by atoms with van der Waals surface area (Å²) in [6.45, 7) is 3.72. The second kappa shape index (κ2) is 10.8. The number of rotatable bonds is 6. The van der Waals surface area contributed by atoms with Gasteiger partial charge in [0.25, 0.3) is 0 Å². The summed E-state index contributed by atoms with van der Waals surface area (Å²) in [5, 5.41) is 10.6. The normalized spacial score (nSPS) is 11.7. The molecule has 0 saturated heterocycles. The van der Waals surface area contributed by atoms with Crippen LogP contribution in [-0.4, -0.2) is 33.4 Å². The number of benzene rings is 1. The summed E-state index contributed by atoms with van der Waals surface area (Å²) in [5.41, 5.74) is 11.1. The first-order chi connectivity index (χ1) is 11.2. The molecule has 0 aromatic heterocycles. The number of primary amides is 1. The SMILES string of the molecule is CCC(Br)(CC)C(=O)NC(N)=O.N[C@@H](Cc1ccccc1)C(=O)O. The number of hydrogen-bond acceptors (Lipinski definition) is 4. The minimum Gasteiger partial charge on any atom is -0.480 e. The van der Waals surface area contributed by atoms with Gasteiger partial charge in [-0.25, -0.2) is 4.79 Å². The number of halogens is 1. The van der Waals surface area contributed by atoms with E-state index in [9.17, 15) is 14.4 Å². The molecule has 0 aliphatic heterocycles. The molecule has 6 N–H and O–H groups in total. The lowest BCUT2D eigenvalue weighted by atomic mass is 10.0. The number of aliphatic carboxylic acids is 1. The van der Waals surface area contributed by atoms with Crippen LogP contribution in [0.4, 0.5) is 4.79 Å². The van der Waals surface area contributed by atoms with Crippen molar-refractivity contribution in [2.45, 2.75) is 43.5 Å². The van der Waals surface area contributed by atoms with E-state index in [2.05, 4.69) is 15.9 Å². The monoisotopic (exact) mass is 401 g/mol. The Kier molecular flexibility index (Phi) is 9.91. The number of nitrogens with two attached hydrogens (primary N) is 2. The molecule has 3 amide bonds. The Balaban J connectivity index is 0.000000441. The molecule has 0 aliphatic carbocycles. The number of alkyl halides is 1. The molecule has 0 radical (unpaired) electrons. The van der Waals surface area contributed by atoms with Crippen LogP contribution in [0, 0.1) is 0 Å². The standard InChI is InChI=1S/C9H11NO2.C7H13BrN2O2/c10-8(9(11)12)6-7-4-2-1-3-5-7;1-3-7(8,4-2)5(11)10-6(9)12/h1-5,8H,6,10H2,(H,11,12);3-4H2,1-2H3,(H3,9,10,11,12)/t8-;/m0./s1. The van der Waals surface area contributed by atoms with Crippen LogP contribution in [0.3, 0.4) is 0 Å². The Morgan fingerprint density at radius 3 is 2.08 bits per heavy atom. The highest BCUT2D eigenvalue weighted by Gasteiger charge is 2.32. The second-order valence-corrected chi connectivity index (χ2v) is 6.64. The summed E-state index contributed by atoms with van der Waals surface area (Å²) in [7, 11) is 0. The van der Waals surface area contributed by atoms with Gasteiger partial charge in [0.05, 0.1) is 0 Å². The van der Waals surface area contributed by atoms with E-state index in [0.29, 0.717) is 19.3 Å². The maximum Gasteiger partial charge on any atom is 0.320 e. The zero-order valence-corrected chi connectivity index (χ0v) is 15.4. The van der Waals surface area contributed by atoms with Crippen LogP contribution in [-0.2, 0) is 16.0 Å². The molecule has 1 atom stereocenters. The first-order valence-electron chi connectivity index (χ1n) is 7.48. The predicted octanol–water partition coefficient (Wildman–Crippen LogP) is 1.78. The number of urea groups is 1. The van der Waals surface area contributed by atoms with E-state index in [1.807, 2.05) is 49.5 Å². The number of carbonyl (C=O) groups excluding carboxylic acids is 2. The fourth-order valence-corrected chi connectivity index (χ4v) is 1.85. The van der Waals surface area contributed by atoms with Crippen LogP contribution >= 0.6 is 15.9 Å². The van der Waals surface area contributed by atoms with E-state index >= 15 is 0 Å². The highest BCUT2D eigenvalue weighted by atomic mass is 79.9. The molecule has 134 valence electrons. The Bertz CT molecular complexity index is 548. The molecule has 8 heteroatoms. The topological polar surface area (TPSA) is 136 Å². The average Bonchev–Trinajstić information content (AvgIpc) is 2.54. The number of hydrogen-bond donors (Lipinski definition) is 4. The molecule has 0 unspecified atom stereocenters. The minimum absolute atomic E-state index is 0.375. The molecule has 0 bridgehead atoms. The maximum absolute atomic E-state index is 11.3. The molecular formula is C16H24BrN3O4. The Morgan fingerprint density at radius 1 is 1.21 bits per heavy atom. The van der Waals surface area contributed by atoms with Crippen molar-refractivity contribution in [3.63, 3.8) is 0 Å². The van der Waals surface area contributed by atoms with Gasteiger partial charge in [0.1, 0.15) is 10.4 Å². The molecule has 7 nitrogen and oxygen atoms in total. The first kappa shape index (κ1) is 22.1. The second-order valence-electron chi connectivity index (χ2n) is 5.13. The number of carbonyl (C=O) groups is 3. The molecule has 0 fully saturated rings. The molecule has 0 heterocycles. The molecule has 0 aliphatic rings. The summed E-state index contributed by atoms with van der Waals surface area (Å²) in [6, 6.07) is 7.73. The van der Waals surface area contributed by atoms with Crippen LogP contribution in [0.25, 0.3) is 0 Å². The van der Waals surface area contributed by atoms with Crippen LogP contribution < -0.4 is 16.8 Å². The number of nitrogens with one attached hydrogen (secondary N) is 1. The van der Waals surface area contributed by atoms with Crippen molar-refractivity contribution >= 4 is 33.8 Å². The number of carboxylic acid groups (broad SMARTS) is 1. The largest absolute Gasteiger partial charge is 0.480 e. The summed E-state index contributed by atoms with van der Waals surface area (Å²) < 4.78 is -0.665. The van der Waals surface area contributed by atoms with Gasteiger partial charge in [-0.15, -0.1) is 0 Å². The van der Waals surface area contributed by atoms with Gasteiger partial charge in [0.15, 0.2) is 0 Å². The van der Waals surface area contributed by atoms with E-state index in [1.165, 1.54) is 0 Å². The van der Waals surface area contributed by atoms with E-state index in [1.54, 1.807) is 0 Å². The van der Waals surface area contributed by atoms with Gasteiger partial charge in [-0.2, -0.15) is 0 Å². The van der Waals surface area contributed by atoms with Gasteiger partial charge in [0.2, 0.25) is 5.91 Å². The summed E-state index contributed by atoms with van der Waals surface area (Å²) in [6.07, 6.45) is 1.61. The van der Waals surface area contributed by atoms with Crippen molar-refractivity contribution in [2.75, 3.05) is 0 Å². The van der Waals surface area contributed by atoms with E-state index < -0.39 is 22.4 Å². The number of amides is 3. The Morgan fingerprint density at radius 2 is 1.71 bits per heavy atom. The fraction of sp³-hybridized carbons (Fsp3) is 0.438. The third kappa shape index (κ3) is 8.07. The number of imide groups is 1. The summed E-state index contributed by atoms with van der Waals surface area (Å²) >= 11 is 3.26. The van der Waals surface area contributed by atoms with Crippen molar-refractivity contribution < 1.29 is 19.5 Å². The van der Waals surface area contributed by atoms with Gasteiger partial charge < -0.3 is 16.6 Å². The maximum atomic E-state index is 11.3. The van der Waals surface area contributed by atoms with E-state index in [-0.39, 0.29) is 5.91 Å². The van der Waals surface area contributed by atoms with Gasteiger partial charge in [0, 0.05) is 0 Å². The van der Waals surface area contributed by atoms with Crippen molar-refractivity contribution in [3.05, 3.63) is 35.9 Å². The summed E-state index contributed by atoms with van der Waals surface area (Å²) in [4.78, 5) is 32.0. The number of carboxylic acids is 1. The first-order valence-corrected chi connectivity index (χ1v) is 8.27.